The predicted molar refractivity (Wildman–Crippen MR) is 85.5 cm³/mol. The normalized spacial score (nSPS) is 18.3. The lowest BCUT2D eigenvalue weighted by molar-refractivity contribution is -0.117. The van der Waals surface area contributed by atoms with E-state index in [1.807, 2.05) is 12.1 Å². The van der Waals surface area contributed by atoms with Crippen molar-refractivity contribution in [2.75, 3.05) is 12.3 Å². The number of nitrogen functional groups attached to an aromatic ring is 1. The Hall–Kier alpha value is -1.81. The summed E-state index contributed by atoms with van der Waals surface area (Å²) < 4.78 is 0. The first kappa shape index (κ1) is 15.6. The fraction of sp³-hybridized carbons (Fsp3) is 0.471. The number of hydrogen-bond donors (Lipinski definition) is 3. The molecule has 0 aliphatic heterocycles. The number of amides is 1. The van der Waals surface area contributed by atoms with Gasteiger partial charge in [0.1, 0.15) is 0 Å². The van der Waals surface area contributed by atoms with Crippen LogP contribution in [0.3, 0.4) is 0 Å². The Morgan fingerprint density at radius 2 is 1.81 bits per heavy atom. The summed E-state index contributed by atoms with van der Waals surface area (Å²) in [6, 6.07) is 7.31. The van der Waals surface area contributed by atoms with Crippen molar-refractivity contribution in [1.82, 2.24) is 5.32 Å². The molecular weight excluding hydrogens is 264 g/mol. The first-order chi connectivity index (χ1) is 10.1. The molecule has 1 aromatic rings. The molecule has 1 aliphatic rings. The van der Waals surface area contributed by atoms with Crippen LogP contribution in [0, 0.1) is 0 Å². The second-order valence-electron chi connectivity index (χ2n) is 5.86. The number of rotatable bonds is 4. The van der Waals surface area contributed by atoms with Crippen molar-refractivity contribution < 1.29 is 9.90 Å². The summed E-state index contributed by atoms with van der Waals surface area (Å²) in [7, 11) is 0. The predicted octanol–water partition coefficient (Wildman–Crippen LogP) is 2.48. The minimum Gasteiger partial charge on any atom is -0.399 e. The van der Waals surface area contributed by atoms with E-state index in [0.717, 1.165) is 31.2 Å². The highest BCUT2D eigenvalue weighted by molar-refractivity contribution is 5.91. The average Bonchev–Trinajstić information content (AvgIpc) is 2.70. The highest BCUT2D eigenvalue weighted by Gasteiger charge is 2.27. The summed E-state index contributed by atoms with van der Waals surface area (Å²) in [5.74, 6) is -0.176. The van der Waals surface area contributed by atoms with Crippen LogP contribution in [0.25, 0.3) is 6.08 Å². The van der Waals surface area contributed by atoms with Crippen molar-refractivity contribution in [3.8, 4) is 0 Å². The van der Waals surface area contributed by atoms with E-state index >= 15 is 0 Å². The zero-order valence-corrected chi connectivity index (χ0v) is 12.3. The smallest absolute Gasteiger partial charge is 0.244 e. The summed E-state index contributed by atoms with van der Waals surface area (Å²) in [6.45, 7) is 0.331. The van der Waals surface area contributed by atoms with Gasteiger partial charge in [-0.25, -0.2) is 0 Å². The largest absolute Gasteiger partial charge is 0.399 e. The molecule has 0 unspecified atom stereocenters. The molecule has 0 spiro atoms. The molecule has 0 radical (unpaired) electrons. The second-order valence-corrected chi connectivity index (χ2v) is 5.86. The van der Waals surface area contributed by atoms with E-state index in [-0.39, 0.29) is 5.91 Å². The Morgan fingerprint density at radius 3 is 2.43 bits per heavy atom. The van der Waals surface area contributed by atoms with Crippen LogP contribution in [0.2, 0.25) is 0 Å². The van der Waals surface area contributed by atoms with Crippen molar-refractivity contribution >= 4 is 17.7 Å². The van der Waals surface area contributed by atoms with Gasteiger partial charge < -0.3 is 16.2 Å². The molecule has 2 rings (SSSR count). The van der Waals surface area contributed by atoms with Crippen LogP contribution in [0.15, 0.2) is 30.3 Å². The van der Waals surface area contributed by atoms with Gasteiger partial charge in [0.15, 0.2) is 0 Å². The fourth-order valence-electron chi connectivity index (χ4n) is 2.65. The lowest BCUT2D eigenvalue weighted by atomic mass is 9.94. The monoisotopic (exact) mass is 288 g/mol. The minimum atomic E-state index is -0.735. The van der Waals surface area contributed by atoms with Crippen molar-refractivity contribution in [3.63, 3.8) is 0 Å². The lowest BCUT2D eigenvalue weighted by Gasteiger charge is -2.26. The summed E-state index contributed by atoms with van der Waals surface area (Å²) in [4.78, 5) is 11.8. The van der Waals surface area contributed by atoms with E-state index in [0.29, 0.717) is 12.2 Å². The topological polar surface area (TPSA) is 75.4 Å². The summed E-state index contributed by atoms with van der Waals surface area (Å²) in [5, 5.41) is 13.3. The number of benzene rings is 1. The van der Waals surface area contributed by atoms with E-state index in [1.165, 1.54) is 18.9 Å². The van der Waals surface area contributed by atoms with Crippen LogP contribution in [0.5, 0.6) is 0 Å². The van der Waals surface area contributed by atoms with Gasteiger partial charge in [0.2, 0.25) is 5.91 Å². The van der Waals surface area contributed by atoms with Crippen LogP contribution >= 0.6 is 0 Å². The van der Waals surface area contributed by atoms with E-state index < -0.39 is 5.60 Å². The van der Waals surface area contributed by atoms with E-state index in [2.05, 4.69) is 5.32 Å². The molecule has 114 valence electrons. The van der Waals surface area contributed by atoms with Gasteiger partial charge in [-0.2, -0.15) is 0 Å². The zero-order chi connectivity index (χ0) is 15.1. The molecule has 0 aromatic heterocycles. The van der Waals surface area contributed by atoms with E-state index in [1.54, 1.807) is 18.2 Å². The number of carbonyl (C=O) groups is 1. The third kappa shape index (κ3) is 5.23. The Morgan fingerprint density at radius 1 is 1.19 bits per heavy atom. The molecule has 4 heteroatoms. The van der Waals surface area contributed by atoms with Gasteiger partial charge in [0, 0.05) is 18.3 Å². The first-order valence-electron chi connectivity index (χ1n) is 7.61. The average molecular weight is 288 g/mol. The number of anilines is 1. The molecule has 1 amide bonds. The maximum atomic E-state index is 11.8. The molecule has 0 atom stereocenters. The van der Waals surface area contributed by atoms with Crippen LogP contribution in [-0.2, 0) is 4.79 Å². The van der Waals surface area contributed by atoms with Crippen LogP contribution in [-0.4, -0.2) is 23.2 Å². The van der Waals surface area contributed by atoms with Crippen LogP contribution in [0.1, 0.15) is 44.1 Å². The van der Waals surface area contributed by atoms with E-state index in [9.17, 15) is 9.90 Å². The van der Waals surface area contributed by atoms with Gasteiger partial charge in [0.25, 0.3) is 0 Å². The van der Waals surface area contributed by atoms with Gasteiger partial charge in [-0.1, -0.05) is 37.8 Å². The minimum absolute atomic E-state index is 0.176. The van der Waals surface area contributed by atoms with Crippen LogP contribution < -0.4 is 11.1 Å². The highest BCUT2D eigenvalue weighted by atomic mass is 16.3. The molecule has 0 heterocycles. The molecule has 1 aromatic carbocycles. The molecule has 0 saturated heterocycles. The molecular formula is C17H24N2O2. The molecule has 21 heavy (non-hydrogen) atoms. The number of aliphatic hydroxyl groups is 1. The lowest BCUT2D eigenvalue weighted by Crippen LogP contribution is -2.42. The van der Waals surface area contributed by atoms with Gasteiger partial charge in [-0.05, 0) is 36.6 Å². The fourth-order valence-corrected chi connectivity index (χ4v) is 2.65. The summed E-state index contributed by atoms with van der Waals surface area (Å²) in [5.41, 5.74) is 6.50. The third-order valence-electron chi connectivity index (χ3n) is 3.99. The van der Waals surface area contributed by atoms with Crippen LogP contribution in [0.4, 0.5) is 5.69 Å². The van der Waals surface area contributed by atoms with Gasteiger partial charge in [-0.15, -0.1) is 0 Å². The maximum absolute atomic E-state index is 11.8. The number of carbonyl (C=O) groups excluding carboxylic acids is 1. The zero-order valence-electron chi connectivity index (χ0n) is 12.3. The Balaban J connectivity index is 1.82. The van der Waals surface area contributed by atoms with Crippen molar-refractivity contribution in [2.24, 2.45) is 0 Å². The standard InChI is InChI=1S/C17H24N2O2/c18-15-8-5-14(6-9-15)7-10-16(20)19-13-17(21)11-3-1-2-4-12-17/h5-10,21H,1-4,11-13,18H2,(H,19,20)/b10-7+. The number of nitrogens with one attached hydrogen (secondary N) is 1. The van der Waals surface area contributed by atoms with Gasteiger partial charge in [-0.3, -0.25) is 4.79 Å². The third-order valence-corrected chi connectivity index (χ3v) is 3.99. The quantitative estimate of drug-likeness (QED) is 0.452. The van der Waals surface area contributed by atoms with Crippen molar-refractivity contribution in [1.29, 1.82) is 0 Å². The highest BCUT2D eigenvalue weighted by Crippen LogP contribution is 2.26. The Labute approximate surface area is 126 Å². The van der Waals surface area contributed by atoms with Crippen molar-refractivity contribution in [3.05, 3.63) is 35.9 Å². The molecule has 4 nitrogen and oxygen atoms in total. The van der Waals surface area contributed by atoms with Gasteiger partial charge in [0.05, 0.1) is 5.60 Å². The van der Waals surface area contributed by atoms with E-state index in [4.69, 9.17) is 5.73 Å². The van der Waals surface area contributed by atoms with Gasteiger partial charge >= 0.3 is 0 Å². The molecule has 1 fully saturated rings. The summed E-state index contributed by atoms with van der Waals surface area (Å²) >= 11 is 0. The number of hydrogen-bond acceptors (Lipinski definition) is 3. The number of nitrogens with two attached hydrogens (primary N) is 1. The van der Waals surface area contributed by atoms with Crippen molar-refractivity contribution in [2.45, 2.75) is 44.1 Å². The SMILES string of the molecule is Nc1ccc(/C=C/C(=O)NCC2(O)CCCCCC2)cc1. The Kier molecular flexibility index (Phi) is 5.39. The maximum Gasteiger partial charge on any atom is 0.244 e. The summed E-state index contributed by atoms with van der Waals surface area (Å²) in [6.07, 6.45) is 9.20. The Bertz CT molecular complexity index is 486. The first-order valence-corrected chi connectivity index (χ1v) is 7.61. The molecule has 0 bridgehead atoms. The molecule has 1 aliphatic carbocycles. The molecule has 4 N–H and O–H groups in total. The second kappa shape index (κ2) is 7.27. The molecule has 1 saturated carbocycles.